The van der Waals surface area contributed by atoms with E-state index in [4.69, 9.17) is 5.11 Å². The van der Waals surface area contributed by atoms with Crippen LogP contribution in [0, 0.1) is 11.8 Å². The predicted octanol–water partition coefficient (Wildman–Crippen LogP) is 1.04. The summed E-state index contributed by atoms with van der Waals surface area (Å²) in [4.78, 5) is 24.6. The molecule has 2 rings (SSSR count). The molecule has 1 heterocycles. The van der Waals surface area contributed by atoms with E-state index >= 15 is 0 Å². The number of carbonyl (C=O) groups excluding carboxylic acids is 1. The number of rotatable bonds is 2. The lowest BCUT2D eigenvalue weighted by molar-refractivity contribution is -0.141. The molecule has 1 saturated heterocycles. The Labute approximate surface area is 119 Å². The van der Waals surface area contributed by atoms with Crippen molar-refractivity contribution in [3.05, 3.63) is 0 Å². The molecule has 4 unspecified atom stereocenters. The largest absolute Gasteiger partial charge is 0.480 e. The van der Waals surface area contributed by atoms with Crippen molar-refractivity contribution >= 4 is 12.0 Å². The average Bonchev–Trinajstić information content (AvgIpc) is 2.76. The molecule has 2 aliphatic rings. The summed E-state index contributed by atoms with van der Waals surface area (Å²) < 4.78 is 0. The molecule has 114 valence electrons. The van der Waals surface area contributed by atoms with Gasteiger partial charge in [0, 0.05) is 19.0 Å². The summed E-state index contributed by atoms with van der Waals surface area (Å²) in [6.07, 6.45) is 2.32. The number of urea groups is 1. The molecule has 1 aliphatic heterocycles. The average molecular weight is 284 g/mol. The van der Waals surface area contributed by atoms with Crippen molar-refractivity contribution in [1.29, 1.82) is 0 Å². The van der Waals surface area contributed by atoms with Gasteiger partial charge < -0.3 is 20.4 Å². The highest BCUT2D eigenvalue weighted by Gasteiger charge is 2.39. The van der Waals surface area contributed by atoms with Crippen LogP contribution in [-0.4, -0.2) is 51.8 Å². The minimum Gasteiger partial charge on any atom is -0.480 e. The number of carboxylic acid groups (broad SMARTS) is 1. The summed E-state index contributed by atoms with van der Waals surface area (Å²) in [5.74, 6) is 0.180. The quantitative estimate of drug-likeness (QED) is 0.707. The highest BCUT2D eigenvalue weighted by atomic mass is 16.4. The van der Waals surface area contributed by atoms with Crippen LogP contribution < -0.4 is 5.32 Å². The van der Waals surface area contributed by atoms with E-state index in [0.717, 1.165) is 19.3 Å². The van der Waals surface area contributed by atoms with Gasteiger partial charge in [-0.1, -0.05) is 13.8 Å². The third-order valence-corrected chi connectivity index (χ3v) is 4.75. The minimum atomic E-state index is -1.05. The lowest BCUT2D eigenvalue weighted by Crippen LogP contribution is -2.50. The van der Waals surface area contributed by atoms with E-state index in [0.29, 0.717) is 11.8 Å². The molecule has 2 amide bonds. The highest BCUT2D eigenvalue weighted by molar-refractivity contribution is 5.83. The van der Waals surface area contributed by atoms with Gasteiger partial charge in [0.1, 0.15) is 6.04 Å². The highest BCUT2D eigenvalue weighted by Crippen LogP contribution is 2.29. The fraction of sp³-hybridized carbons (Fsp3) is 0.857. The smallest absolute Gasteiger partial charge is 0.326 e. The molecule has 6 nitrogen and oxygen atoms in total. The van der Waals surface area contributed by atoms with E-state index in [1.165, 1.54) is 4.90 Å². The van der Waals surface area contributed by atoms with Crippen molar-refractivity contribution in [2.24, 2.45) is 11.8 Å². The number of nitrogens with one attached hydrogen (secondary N) is 1. The van der Waals surface area contributed by atoms with Crippen molar-refractivity contribution in [2.75, 3.05) is 6.54 Å². The molecule has 3 N–H and O–H groups in total. The Hall–Kier alpha value is -1.30. The van der Waals surface area contributed by atoms with E-state index in [-0.39, 0.29) is 25.0 Å². The normalized spacial score (nSPS) is 37.8. The number of amides is 2. The van der Waals surface area contributed by atoms with Crippen molar-refractivity contribution in [1.82, 2.24) is 10.2 Å². The molecule has 0 bridgehead atoms. The maximum absolute atomic E-state index is 12.2. The molecule has 0 radical (unpaired) electrons. The van der Waals surface area contributed by atoms with Crippen LogP contribution in [-0.2, 0) is 4.79 Å². The van der Waals surface area contributed by atoms with Gasteiger partial charge in [0.25, 0.3) is 0 Å². The summed E-state index contributed by atoms with van der Waals surface area (Å²) >= 11 is 0. The van der Waals surface area contributed by atoms with Crippen molar-refractivity contribution < 1.29 is 19.8 Å². The lowest BCUT2D eigenvalue weighted by Gasteiger charge is -2.34. The number of nitrogens with zero attached hydrogens (tertiary/aromatic N) is 1. The van der Waals surface area contributed by atoms with Gasteiger partial charge >= 0.3 is 12.0 Å². The summed E-state index contributed by atoms with van der Waals surface area (Å²) in [6.45, 7) is 4.50. The van der Waals surface area contributed by atoms with Gasteiger partial charge in [0.15, 0.2) is 0 Å². The molecule has 20 heavy (non-hydrogen) atoms. The van der Waals surface area contributed by atoms with E-state index in [2.05, 4.69) is 19.2 Å². The number of carboxylic acids is 1. The number of hydrogen-bond acceptors (Lipinski definition) is 3. The SMILES string of the molecule is CC1CCC(NC(=O)N2CC(O)C[C@H]2C(=O)O)CC1C. The number of hydrogen-bond donors (Lipinski definition) is 3. The molecule has 6 heteroatoms. The fourth-order valence-corrected chi connectivity index (χ4v) is 3.21. The Morgan fingerprint density at radius 3 is 2.45 bits per heavy atom. The summed E-state index contributed by atoms with van der Waals surface area (Å²) in [6, 6.07) is -1.16. The van der Waals surface area contributed by atoms with Gasteiger partial charge in [-0.15, -0.1) is 0 Å². The molecule has 1 aliphatic carbocycles. The second-order valence-corrected chi connectivity index (χ2v) is 6.31. The zero-order valence-corrected chi connectivity index (χ0v) is 12.1. The maximum Gasteiger partial charge on any atom is 0.326 e. The Bertz CT molecular complexity index is 387. The standard InChI is InChI=1S/C14H24N2O4/c1-8-3-4-10(5-9(8)2)15-14(20)16-7-11(17)6-12(16)13(18)19/h8-12,17H,3-7H2,1-2H3,(H,15,20)(H,18,19)/t8?,9?,10?,11?,12-/m0/s1. The fourth-order valence-electron chi connectivity index (χ4n) is 3.21. The second kappa shape index (κ2) is 5.99. The summed E-state index contributed by atoms with van der Waals surface area (Å²) in [5.41, 5.74) is 0. The summed E-state index contributed by atoms with van der Waals surface area (Å²) in [7, 11) is 0. The molecule has 0 spiro atoms. The van der Waals surface area contributed by atoms with Crippen LogP contribution in [0.25, 0.3) is 0 Å². The predicted molar refractivity (Wildman–Crippen MR) is 73.3 cm³/mol. The van der Waals surface area contributed by atoms with Gasteiger partial charge in [0.2, 0.25) is 0 Å². The number of carbonyl (C=O) groups is 2. The Morgan fingerprint density at radius 1 is 1.15 bits per heavy atom. The van der Waals surface area contributed by atoms with Crippen LogP contribution in [0.2, 0.25) is 0 Å². The first kappa shape index (κ1) is 15.1. The monoisotopic (exact) mass is 284 g/mol. The maximum atomic E-state index is 12.2. The first-order valence-electron chi connectivity index (χ1n) is 7.36. The van der Waals surface area contributed by atoms with Gasteiger partial charge in [-0.2, -0.15) is 0 Å². The lowest BCUT2D eigenvalue weighted by atomic mass is 9.79. The molecule has 0 aromatic carbocycles. The van der Waals surface area contributed by atoms with Gasteiger partial charge in [-0.05, 0) is 31.1 Å². The Balaban J connectivity index is 1.92. The topological polar surface area (TPSA) is 89.9 Å². The van der Waals surface area contributed by atoms with Crippen LogP contribution in [0.4, 0.5) is 4.79 Å². The molecule has 5 atom stereocenters. The first-order valence-corrected chi connectivity index (χ1v) is 7.36. The number of aliphatic hydroxyl groups excluding tert-OH is 1. The van der Waals surface area contributed by atoms with Gasteiger partial charge in [-0.25, -0.2) is 9.59 Å². The molecular formula is C14H24N2O4. The Kier molecular flexibility index (Phi) is 4.52. The Morgan fingerprint density at radius 2 is 1.85 bits per heavy atom. The van der Waals surface area contributed by atoms with E-state index in [1.54, 1.807) is 0 Å². The van der Waals surface area contributed by atoms with E-state index in [9.17, 15) is 14.7 Å². The van der Waals surface area contributed by atoms with Crippen molar-refractivity contribution in [3.63, 3.8) is 0 Å². The van der Waals surface area contributed by atoms with Crippen LogP contribution in [0.5, 0.6) is 0 Å². The zero-order valence-electron chi connectivity index (χ0n) is 12.1. The van der Waals surface area contributed by atoms with E-state index in [1.807, 2.05) is 0 Å². The number of likely N-dealkylation sites (tertiary alicyclic amines) is 1. The van der Waals surface area contributed by atoms with Gasteiger partial charge in [0.05, 0.1) is 6.10 Å². The molecular weight excluding hydrogens is 260 g/mol. The van der Waals surface area contributed by atoms with Crippen LogP contribution >= 0.6 is 0 Å². The molecule has 1 saturated carbocycles. The van der Waals surface area contributed by atoms with Crippen molar-refractivity contribution in [3.8, 4) is 0 Å². The number of aliphatic carboxylic acids is 1. The second-order valence-electron chi connectivity index (χ2n) is 6.31. The minimum absolute atomic E-state index is 0.0987. The number of aliphatic hydroxyl groups is 1. The third-order valence-electron chi connectivity index (χ3n) is 4.75. The van der Waals surface area contributed by atoms with Crippen LogP contribution in [0.1, 0.15) is 39.5 Å². The van der Waals surface area contributed by atoms with Gasteiger partial charge in [-0.3, -0.25) is 0 Å². The molecule has 0 aromatic rings. The van der Waals surface area contributed by atoms with Crippen molar-refractivity contribution in [2.45, 2.75) is 57.7 Å². The summed E-state index contributed by atoms with van der Waals surface area (Å²) in [5, 5.41) is 21.6. The molecule has 0 aromatic heterocycles. The van der Waals surface area contributed by atoms with E-state index < -0.39 is 18.1 Å². The number of β-amino-alcohol motifs (C(OH)–C–C–N with tert-alkyl or cyclic N) is 1. The first-order chi connectivity index (χ1) is 9.38. The molecule has 2 fully saturated rings. The van der Waals surface area contributed by atoms with Crippen LogP contribution in [0.3, 0.4) is 0 Å². The van der Waals surface area contributed by atoms with Crippen LogP contribution in [0.15, 0.2) is 0 Å². The zero-order chi connectivity index (χ0) is 14.9. The third kappa shape index (κ3) is 3.23.